The van der Waals surface area contributed by atoms with Crippen molar-refractivity contribution in [1.29, 1.82) is 0 Å². The van der Waals surface area contributed by atoms with Crippen molar-refractivity contribution >= 4 is 0 Å². The van der Waals surface area contributed by atoms with Crippen LogP contribution in [0.4, 0.5) is 0 Å². The Balaban J connectivity index is 2.53. The van der Waals surface area contributed by atoms with Gasteiger partial charge in [-0.05, 0) is 18.1 Å². The maximum atomic E-state index is 9.87. The van der Waals surface area contributed by atoms with E-state index < -0.39 is 0 Å². The first-order chi connectivity index (χ1) is 9.71. The summed E-state index contributed by atoms with van der Waals surface area (Å²) < 4.78 is 10.6. The smallest absolute Gasteiger partial charge is 0.161 e. The largest absolute Gasteiger partial charge is 0.504 e. The number of benzene rings is 2. The van der Waals surface area contributed by atoms with Crippen LogP contribution in [-0.4, -0.2) is 19.3 Å². The average Bonchev–Trinajstić information content (AvgIpc) is 2.50. The number of phenols is 1. The number of hydrogen-bond acceptors (Lipinski definition) is 3. The van der Waals surface area contributed by atoms with E-state index in [1.54, 1.807) is 20.3 Å². The Kier molecular flexibility index (Phi) is 4.51. The van der Waals surface area contributed by atoms with Gasteiger partial charge in [0.15, 0.2) is 11.5 Å². The Morgan fingerprint density at radius 2 is 1.65 bits per heavy atom. The minimum atomic E-state index is 0.0935. The Bertz CT molecular complexity index is 564. The highest BCUT2D eigenvalue weighted by atomic mass is 16.5. The topological polar surface area (TPSA) is 38.7 Å². The van der Waals surface area contributed by atoms with Crippen molar-refractivity contribution in [3.05, 3.63) is 53.6 Å². The first-order valence-electron chi connectivity index (χ1n) is 6.71. The number of aromatic hydroxyl groups is 1. The summed E-state index contributed by atoms with van der Waals surface area (Å²) in [5.41, 5.74) is 2.25. The van der Waals surface area contributed by atoms with E-state index in [4.69, 9.17) is 9.47 Å². The van der Waals surface area contributed by atoms with Crippen LogP contribution >= 0.6 is 0 Å². The number of phenolic OH excluding ortho intramolecular Hbond substituents is 1. The monoisotopic (exact) mass is 272 g/mol. The Labute approximate surface area is 119 Å². The lowest BCUT2D eigenvalue weighted by Crippen LogP contribution is -2.03. The summed E-state index contributed by atoms with van der Waals surface area (Å²) in [6, 6.07) is 13.7. The standard InChI is InChI=1S/C17H20O3/c1-4-13(12-8-6-5-7-9-12)14-10-17(20-3)15(18)11-16(14)19-2/h5-11,13,18H,4H2,1-3H3/t13-/m1/s1. The predicted octanol–water partition coefficient (Wildman–Crippen LogP) is 3.95. The normalized spacial score (nSPS) is 11.9. The van der Waals surface area contributed by atoms with E-state index >= 15 is 0 Å². The van der Waals surface area contributed by atoms with E-state index in [9.17, 15) is 5.11 Å². The molecule has 0 saturated heterocycles. The summed E-state index contributed by atoms with van der Waals surface area (Å²) in [4.78, 5) is 0. The molecule has 3 nitrogen and oxygen atoms in total. The summed E-state index contributed by atoms with van der Waals surface area (Å²) in [7, 11) is 3.16. The van der Waals surface area contributed by atoms with Gasteiger partial charge in [-0.2, -0.15) is 0 Å². The quantitative estimate of drug-likeness (QED) is 0.895. The van der Waals surface area contributed by atoms with Crippen molar-refractivity contribution < 1.29 is 14.6 Å². The molecule has 3 heteroatoms. The van der Waals surface area contributed by atoms with Crippen molar-refractivity contribution in [1.82, 2.24) is 0 Å². The third-order valence-electron chi connectivity index (χ3n) is 3.52. The maximum absolute atomic E-state index is 9.87. The molecule has 0 saturated carbocycles. The molecule has 0 heterocycles. The molecule has 0 amide bonds. The fourth-order valence-corrected chi connectivity index (χ4v) is 2.50. The van der Waals surface area contributed by atoms with Crippen LogP contribution in [0.15, 0.2) is 42.5 Å². The fourth-order valence-electron chi connectivity index (χ4n) is 2.50. The molecule has 1 N–H and O–H groups in total. The highest BCUT2D eigenvalue weighted by Gasteiger charge is 2.19. The van der Waals surface area contributed by atoms with Gasteiger partial charge < -0.3 is 14.6 Å². The van der Waals surface area contributed by atoms with E-state index in [0.717, 1.165) is 12.0 Å². The van der Waals surface area contributed by atoms with Crippen molar-refractivity contribution in [2.24, 2.45) is 0 Å². The summed E-state index contributed by atoms with van der Waals surface area (Å²) in [5.74, 6) is 1.45. The molecular formula is C17H20O3. The van der Waals surface area contributed by atoms with Crippen LogP contribution in [-0.2, 0) is 0 Å². The predicted molar refractivity (Wildman–Crippen MR) is 79.8 cm³/mol. The lowest BCUT2D eigenvalue weighted by Gasteiger charge is -2.20. The fraction of sp³-hybridized carbons (Fsp3) is 0.294. The van der Waals surface area contributed by atoms with Crippen LogP contribution in [0, 0.1) is 0 Å². The zero-order valence-electron chi connectivity index (χ0n) is 12.1. The molecule has 0 aliphatic carbocycles. The van der Waals surface area contributed by atoms with E-state index in [1.165, 1.54) is 5.56 Å². The molecular weight excluding hydrogens is 252 g/mol. The van der Waals surface area contributed by atoms with Gasteiger partial charge in [-0.1, -0.05) is 37.3 Å². The molecule has 2 aromatic rings. The van der Waals surface area contributed by atoms with Gasteiger partial charge in [0.1, 0.15) is 5.75 Å². The Hall–Kier alpha value is -2.16. The molecule has 0 bridgehead atoms. The lowest BCUT2D eigenvalue weighted by molar-refractivity contribution is 0.362. The Morgan fingerprint density at radius 1 is 1.00 bits per heavy atom. The molecule has 2 aromatic carbocycles. The number of rotatable bonds is 5. The third-order valence-corrected chi connectivity index (χ3v) is 3.52. The van der Waals surface area contributed by atoms with E-state index in [1.807, 2.05) is 24.3 Å². The van der Waals surface area contributed by atoms with Gasteiger partial charge in [0.2, 0.25) is 0 Å². The molecule has 106 valence electrons. The molecule has 0 spiro atoms. The van der Waals surface area contributed by atoms with Crippen LogP contribution in [0.1, 0.15) is 30.4 Å². The van der Waals surface area contributed by atoms with E-state index in [2.05, 4.69) is 19.1 Å². The molecule has 0 aromatic heterocycles. The Morgan fingerprint density at radius 3 is 2.20 bits per heavy atom. The van der Waals surface area contributed by atoms with Crippen molar-refractivity contribution in [2.45, 2.75) is 19.3 Å². The molecule has 0 unspecified atom stereocenters. The highest BCUT2D eigenvalue weighted by Crippen LogP contribution is 2.40. The molecule has 1 atom stereocenters. The molecule has 0 aliphatic heterocycles. The number of methoxy groups -OCH3 is 2. The maximum Gasteiger partial charge on any atom is 0.161 e. The molecule has 0 aliphatic rings. The van der Waals surface area contributed by atoms with Gasteiger partial charge in [-0.3, -0.25) is 0 Å². The summed E-state index contributed by atoms with van der Waals surface area (Å²) in [6.07, 6.45) is 0.939. The molecule has 2 rings (SSSR count). The summed E-state index contributed by atoms with van der Waals surface area (Å²) in [6.45, 7) is 2.14. The van der Waals surface area contributed by atoms with Crippen molar-refractivity contribution in [3.63, 3.8) is 0 Å². The first-order valence-corrected chi connectivity index (χ1v) is 6.71. The van der Waals surface area contributed by atoms with E-state index in [-0.39, 0.29) is 11.7 Å². The van der Waals surface area contributed by atoms with Gasteiger partial charge >= 0.3 is 0 Å². The zero-order valence-corrected chi connectivity index (χ0v) is 12.1. The summed E-state index contributed by atoms with van der Waals surface area (Å²) >= 11 is 0. The van der Waals surface area contributed by atoms with Crippen molar-refractivity contribution in [2.75, 3.05) is 14.2 Å². The van der Waals surface area contributed by atoms with Crippen LogP contribution in [0.2, 0.25) is 0 Å². The number of hydrogen-bond donors (Lipinski definition) is 1. The lowest BCUT2D eigenvalue weighted by atomic mass is 9.88. The SMILES string of the molecule is CC[C@H](c1ccccc1)c1cc(OC)c(O)cc1OC. The van der Waals surface area contributed by atoms with Gasteiger partial charge in [-0.15, -0.1) is 0 Å². The average molecular weight is 272 g/mol. The minimum absolute atomic E-state index is 0.0935. The highest BCUT2D eigenvalue weighted by molar-refractivity contribution is 5.53. The number of ether oxygens (including phenoxy) is 2. The van der Waals surface area contributed by atoms with Crippen LogP contribution in [0.25, 0.3) is 0 Å². The molecule has 0 fully saturated rings. The van der Waals surface area contributed by atoms with Crippen LogP contribution < -0.4 is 9.47 Å². The minimum Gasteiger partial charge on any atom is -0.504 e. The van der Waals surface area contributed by atoms with Crippen molar-refractivity contribution in [3.8, 4) is 17.2 Å². The van der Waals surface area contributed by atoms with Crippen LogP contribution in [0.3, 0.4) is 0 Å². The van der Waals surface area contributed by atoms with Gasteiger partial charge in [-0.25, -0.2) is 0 Å². The summed E-state index contributed by atoms with van der Waals surface area (Å²) in [5, 5.41) is 9.87. The second-order valence-electron chi connectivity index (χ2n) is 4.64. The zero-order chi connectivity index (χ0) is 14.5. The molecule has 0 radical (unpaired) electrons. The second kappa shape index (κ2) is 6.33. The van der Waals surface area contributed by atoms with Gasteiger partial charge in [0.05, 0.1) is 14.2 Å². The van der Waals surface area contributed by atoms with Crippen LogP contribution in [0.5, 0.6) is 17.2 Å². The third kappa shape index (κ3) is 2.72. The van der Waals surface area contributed by atoms with Gasteiger partial charge in [0.25, 0.3) is 0 Å². The van der Waals surface area contributed by atoms with E-state index in [0.29, 0.717) is 11.5 Å². The van der Waals surface area contributed by atoms with Gasteiger partial charge in [0, 0.05) is 17.5 Å². The first kappa shape index (κ1) is 14.3. The molecule has 20 heavy (non-hydrogen) atoms. The second-order valence-corrected chi connectivity index (χ2v) is 4.64.